The zero-order chi connectivity index (χ0) is 18.9. The number of hydrogen-bond donors (Lipinski definition) is 1. The van der Waals surface area contributed by atoms with Gasteiger partial charge in [-0.2, -0.15) is 0 Å². The van der Waals surface area contributed by atoms with Gasteiger partial charge >= 0.3 is 0 Å². The molecule has 0 amide bonds. The highest BCUT2D eigenvalue weighted by molar-refractivity contribution is 7.99. The Morgan fingerprint density at radius 2 is 2.08 bits per heavy atom. The number of rotatable bonds is 6. The summed E-state index contributed by atoms with van der Waals surface area (Å²) in [5, 5.41) is 0.470. The van der Waals surface area contributed by atoms with Gasteiger partial charge in [-0.05, 0) is 44.0 Å². The number of fused-ring (bicyclic) bond motifs is 1. The monoisotopic (exact) mass is 392 g/mol. The summed E-state index contributed by atoms with van der Waals surface area (Å²) in [4.78, 5) is 20.8. The van der Waals surface area contributed by atoms with Crippen molar-refractivity contribution < 1.29 is 13.2 Å². The molecule has 138 valence electrons. The Labute approximate surface area is 157 Å². The second-order valence-corrected chi connectivity index (χ2v) is 9.12. The highest BCUT2D eigenvalue weighted by atomic mass is 32.2. The van der Waals surface area contributed by atoms with Gasteiger partial charge in [-0.1, -0.05) is 11.8 Å². The molecule has 1 aromatic carbocycles. The van der Waals surface area contributed by atoms with Gasteiger partial charge in [-0.25, -0.2) is 18.4 Å². The van der Waals surface area contributed by atoms with E-state index in [-0.39, 0.29) is 17.3 Å². The summed E-state index contributed by atoms with van der Waals surface area (Å²) in [5.41, 5.74) is 8.56. The quantitative estimate of drug-likeness (QED) is 0.455. The number of carbonyl (C=O) groups is 1. The van der Waals surface area contributed by atoms with Crippen LogP contribution in [0.5, 0.6) is 0 Å². The fraction of sp³-hybridized carbons (Fsp3) is 0.353. The normalized spacial score (nSPS) is 13.7. The van der Waals surface area contributed by atoms with E-state index in [1.54, 1.807) is 31.2 Å². The van der Waals surface area contributed by atoms with Crippen LogP contribution in [0, 0.1) is 6.92 Å². The molecule has 9 heteroatoms. The number of aromatic nitrogens is 2. The summed E-state index contributed by atoms with van der Waals surface area (Å²) in [7, 11) is -3.28. The van der Waals surface area contributed by atoms with Crippen LogP contribution in [0.3, 0.4) is 0 Å². The number of nitrogen functional groups attached to an aromatic ring is 1. The Kier molecular flexibility index (Phi) is 5.19. The summed E-state index contributed by atoms with van der Waals surface area (Å²) in [6.45, 7) is 3.87. The van der Waals surface area contributed by atoms with Crippen molar-refractivity contribution in [2.24, 2.45) is 0 Å². The number of benzene rings is 1. The smallest absolute Gasteiger partial charge is 0.234 e. The zero-order valence-corrected chi connectivity index (χ0v) is 16.2. The lowest BCUT2D eigenvalue weighted by Crippen LogP contribution is -2.30. The average Bonchev–Trinajstić information content (AvgIpc) is 3.02. The molecule has 0 aliphatic carbocycles. The maximum Gasteiger partial charge on any atom is 0.234 e. The number of Topliss-reactive ketones (excluding diaryl/α,β-unsaturated/α-hetero) is 1. The molecule has 2 heterocycles. The molecule has 26 heavy (non-hydrogen) atoms. The number of carbonyl (C=O) groups excluding carboxylic acids is 1. The summed E-state index contributed by atoms with van der Waals surface area (Å²) in [6.07, 6.45) is 0.611. The third kappa shape index (κ3) is 3.83. The molecular formula is C17H20N4O3S2. The fourth-order valence-corrected chi connectivity index (χ4v) is 4.80. The number of ketones is 1. The van der Waals surface area contributed by atoms with Crippen LogP contribution >= 0.6 is 11.8 Å². The molecular weight excluding hydrogens is 372 g/mol. The minimum absolute atomic E-state index is 0.0572. The van der Waals surface area contributed by atoms with Gasteiger partial charge in [0.05, 0.1) is 17.2 Å². The zero-order valence-electron chi connectivity index (χ0n) is 14.6. The van der Waals surface area contributed by atoms with Crippen LogP contribution in [-0.4, -0.2) is 42.2 Å². The maximum absolute atomic E-state index is 12.5. The van der Waals surface area contributed by atoms with E-state index >= 15 is 0 Å². The van der Waals surface area contributed by atoms with Crippen molar-refractivity contribution in [1.82, 2.24) is 9.97 Å². The van der Waals surface area contributed by atoms with E-state index in [0.717, 1.165) is 11.3 Å². The summed E-state index contributed by atoms with van der Waals surface area (Å²) in [6, 6.07) is 6.85. The summed E-state index contributed by atoms with van der Waals surface area (Å²) < 4.78 is 25.7. The molecule has 3 rings (SSSR count). The number of aryl methyl sites for hydroxylation is 1. The maximum atomic E-state index is 12.5. The topological polar surface area (TPSA) is 106 Å². The van der Waals surface area contributed by atoms with E-state index in [1.807, 2.05) is 6.92 Å². The largest absolute Gasteiger partial charge is 0.384 e. The van der Waals surface area contributed by atoms with Crippen molar-refractivity contribution in [1.29, 1.82) is 0 Å². The lowest BCUT2D eigenvalue weighted by molar-refractivity contribution is 0.102. The van der Waals surface area contributed by atoms with Gasteiger partial charge in [0.15, 0.2) is 10.9 Å². The fourth-order valence-electron chi connectivity index (χ4n) is 2.83. The first kappa shape index (κ1) is 18.7. The Morgan fingerprint density at radius 3 is 2.77 bits per heavy atom. The van der Waals surface area contributed by atoms with Gasteiger partial charge in [0.2, 0.25) is 10.0 Å². The third-order valence-electron chi connectivity index (χ3n) is 4.14. The van der Waals surface area contributed by atoms with Gasteiger partial charge in [-0.3, -0.25) is 9.10 Å². The first-order valence-corrected chi connectivity index (χ1v) is 10.8. The Hall–Kier alpha value is -2.13. The molecule has 0 fully saturated rings. The minimum atomic E-state index is -3.28. The molecule has 0 unspecified atom stereocenters. The van der Waals surface area contributed by atoms with Crippen molar-refractivity contribution in [3.8, 4) is 0 Å². The SMILES string of the molecule is CCS(=O)(=O)N1CCc2cc(C(=O)CSc3nc(C)cc(N)n3)ccc21. The van der Waals surface area contributed by atoms with Crippen molar-refractivity contribution in [3.63, 3.8) is 0 Å². The van der Waals surface area contributed by atoms with Crippen LogP contribution in [0.15, 0.2) is 29.4 Å². The van der Waals surface area contributed by atoms with Crippen LogP contribution in [0.25, 0.3) is 0 Å². The van der Waals surface area contributed by atoms with Crippen LogP contribution < -0.4 is 10.0 Å². The first-order chi connectivity index (χ1) is 12.3. The second-order valence-electron chi connectivity index (χ2n) is 5.99. The van der Waals surface area contributed by atoms with Crippen molar-refractivity contribution >= 4 is 39.1 Å². The number of hydrogen-bond acceptors (Lipinski definition) is 7. The van der Waals surface area contributed by atoms with Gasteiger partial charge < -0.3 is 5.73 Å². The highest BCUT2D eigenvalue weighted by Crippen LogP contribution is 2.31. The van der Waals surface area contributed by atoms with E-state index in [0.29, 0.717) is 35.2 Å². The lowest BCUT2D eigenvalue weighted by atomic mass is 10.1. The number of nitrogens with two attached hydrogens (primary N) is 1. The third-order valence-corrected chi connectivity index (χ3v) is 6.77. The van der Waals surface area contributed by atoms with E-state index in [2.05, 4.69) is 9.97 Å². The van der Waals surface area contributed by atoms with Crippen LogP contribution in [0.4, 0.5) is 11.5 Å². The molecule has 1 aliphatic rings. The summed E-state index contributed by atoms with van der Waals surface area (Å²) in [5.74, 6) is 0.572. The first-order valence-electron chi connectivity index (χ1n) is 8.20. The van der Waals surface area contributed by atoms with E-state index < -0.39 is 10.0 Å². The molecule has 7 nitrogen and oxygen atoms in total. The molecule has 0 saturated carbocycles. The molecule has 2 aromatic rings. The second kappa shape index (κ2) is 7.24. The number of sulfonamides is 1. The van der Waals surface area contributed by atoms with E-state index in [9.17, 15) is 13.2 Å². The Bertz CT molecular complexity index is 940. The molecule has 0 atom stereocenters. The van der Waals surface area contributed by atoms with Gasteiger partial charge in [0, 0.05) is 23.9 Å². The predicted octanol–water partition coefficient (Wildman–Crippen LogP) is 2.05. The van der Waals surface area contributed by atoms with Gasteiger partial charge in [0.25, 0.3) is 0 Å². The molecule has 1 aliphatic heterocycles. The van der Waals surface area contributed by atoms with Crippen LogP contribution in [0.2, 0.25) is 0 Å². The average molecular weight is 393 g/mol. The highest BCUT2D eigenvalue weighted by Gasteiger charge is 2.28. The molecule has 0 saturated heterocycles. The van der Waals surface area contributed by atoms with Crippen LogP contribution in [-0.2, 0) is 16.4 Å². The Balaban J connectivity index is 1.74. The van der Waals surface area contributed by atoms with Gasteiger partial charge in [-0.15, -0.1) is 0 Å². The van der Waals surface area contributed by atoms with Crippen molar-refractivity contribution in [2.75, 3.05) is 28.1 Å². The van der Waals surface area contributed by atoms with Crippen molar-refractivity contribution in [3.05, 3.63) is 41.1 Å². The summed E-state index contributed by atoms with van der Waals surface area (Å²) >= 11 is 1.24. The molecule has 0 bridgehead atoms. The molecule has 1 aromatic heterocycles. The van der Waals surface area contributed by atoms with Gasteiger partial charge in [0.1, 0.15) is 5.82 Å². The minimum Gasteiger partial charge on any atom is -0.384 e. The predicted molar refractivity (Wildman–Crippen MR) is 103 cm³/mol. The molecule has 0 radical (unpaired) electrons. The lowest BCUT2D eigenvalue weighted by Gasteiger charge is -2.18. The number of anilines is 2. The number of thioether (sulfide) groups is 1. The van der Waals surface area contributed by atoms with E-state index in [1.165, 1.54) is 16.1 Å². The number of nitrogens with zero attached hydrogens (tertiary/aromatic N) is 3. The standard InChI is InChI=1S/C17H20N4O3S2/c1-3-26(23,24)21-7-6-12-9-13(4-5-14(12)21)15(22)10-25-17-19-11(2)8-16(18)20-17/h4-5,8-9H,3,6-7,10H2,1-2H3,(H2,18,19,20). The molecule has 2 N–H and O–H groups in total. The van der Waals surface area contributed by atoms with Crippen molar-refractivity contribution in [2.45, 2.75) is 25.4 Å². The Morgan fingerprint density at radius 1 is 1.31 bits per heavy atom. The van der Waals surface area contributed by atoms with E-state index in [4.69, 9.17) is 5.73 Å². The molecule has 0 spiro atoms. The van der Waals surface area contributed by atoms with Crippen LogP contribution in [0.1, 0.15) is 28.5 Å².